The van der Waals surface area contributed by atoms with Crippen LogP contribution in [-0.2, 0) is 0 Å². The van der Waals surface area contributed by atoms with Crippen LogP contribution in [0.4, 0.5) is 5.69 Å². The lowest BCUT2D eigenvalue weighted by molar-refractivity contribution is 0.567. The number of halogens is 2. The van der Waals surface area contributed by atoms with Crippen molar-refractivity contribution in [1.29, 1.82) is 0 Å². The summed E-state index contributed by atoms with van der Waals surface area (Å²) in [6.45, 7) is 7.50. The van der Waals surface area contributed by atoms with Crippen LogP contribution < -0.4 is 5.32 Å². The Labute approximate surface area is 112 Å². The second kappa shape index (κ2) is 6.51. The van der Waals surface area contributed by atoms with Crippen molar-refractivity contribution in [2.45, 2.75) is 33.6 Å². The van der Waals surface area contributed by atoms with E-state index in [-0.39, 0.29) is 0 Å². The van der Waals surface area contributed by atoms with E-state index < -0.39 is 0 Å². The Hall–Kier alpha value is -0.210. The van der Waals surface area contributed by atoms with E-state index in [0.29, 0.717) is 0 Å². The summed E-state index contributed by atoms with van der Waals surface area (Å²) in [5.41, 5.74) is 2.18. The molecule has 1 N–H and O–H groups in total. The molecule has 0 radical (unpaired) electrons. The summed E-state index contributed by atoms with van der Waals surface area (Å²) >= 11 is 9.63. The van der Waals surface area contributed by atoms with E-state index >= 15 is 0 Å². The molecule has 1 nitrogen and oxygen atoms in total. The molecule has 0 bridgehead atoms. The number of hydrogen-bond donors (Lipinski definition) is 1. The molecule has 0 amide bonds. The molecule has 0 saturated heterocycles. The summed E-state index contributed by atoms with van der Waals surface area (Å²) in [5, 5.41) is 4.22. The van der Waals surface area contributed by atoms with Crippen molar-refractivity contribution in [2.24, 2.45) is 5.92 Å². The fourth-order valence-electron chi connectivity index (χ4n) is 1.52. The van der Waals surface area contributed by atoms with Crippen LogP contribution in [0.3, 0.4) is 0 Å². The van der Waals surface area contributed by atoms with Gasteiger partial charge in [-0.2, -0.15) is 0 Å². The van der Waals surface area contributed by atoms with E-state index in [1.54, 1.807) is 0 Å². The van der Waals surface area contributed by atoms with Gasteiger partial charge in [-0.1, -0.05) is 25.4 Å². The molecule has 0 fully saturated rings. The Morgan fingerprint density at radius 1 is 1.38 bits per heavy atom. The lowest BCUT2D eigenvalue weighted by atomic mass is 10.1. The first-order valence-corrected chi connectivity index (χ1v) is 6.87. The number of nitrogens with one attached hydrogen (secondary N) is 1. The smallest absolute Gasteiger partial charge is 0.0499 e. The number of benzene rings is 1. The number of aryl methyl sites for hydroxylation is 1. The molecule has 0 aromatic heterocycles. The molecule has 0 unspecified atom stereocenters. The van der Waals surface area contributed by atoms with Crippen molar-refractivity contribution in [3.8, 4) is 0 Å². The van der Waals surface area contributed by atoms with Gasteiger partial charge in [0.1, 0.15) is 0 Å². The van der Waals surface area contributed by atoms with Crippen LogP contribution in [0.15, 0.2) is 16.6 Å². The standard InChI is InChI=1S/C13H19BrClN/c1-9(2)5-4-6-16-13-8-12(15)10(3)7-11(13)14/h7-9,16H,4-6H2,1-3H3. The summed E-state index contributed by atoms with van der Waals surface area (Å²) < 4.78 is 1.08. The molecule has 1 aromatic carbocycles. The summed E-state index contributed by atoms with van der Waals surface area (Å²) in [4.78, 5) is 0. The third-order valence-corrected chi connectivity index (χ3v) is 3.59. The molecular weight excluding hydrogens is 286 g/mol. The predicted octanol–water partition coefficient (Wildman–Crippen LogP) is 5.26. The first-order chi connectivity index (χ1) is 7.50. The zero-order valence-electron chi connectivity index (χ0n) is 10.1. The number of rotatable bonds is 5. The number of hydrogen-bond acceptors (Lipinski definition) is 1. The van der Waals surface area contributed by atoms with Crippen LogP contribution in [0, 0.1) is 12.8 Å². The Kier molecular flexibility index (Phi) is 5.63. The maximum atomic E-state index is 6.09. The summed E-state index contributed by atoms with van der Waals surface area (Å²) in [6, 6.07) is 4.03. The molecule has 0 atom stereocenters. The second-order valence-electron chi connectivity index (χ2n) is 4.54. The Morgan fingerprint density at radius 3 is 2.69 bits per heavy atom. The van der Waals surface area contributed by atoms with Crippen molar-refractivity contribution in [1.82, 2.24) is 0 Å². The van der Waals surface area contributed by atoms with Crippen molar-refractivity contribution >= 4 is 33.2 Å². The van der Waals surface area contributed by atoms with E-state index in [1.807, 2.05) is 19.1 Å². The number of anilines is 1. The zero-order chi connectivity index (χ0) is 12.1. The first kappa shape index (κ1) is 13.9. The molecule has 90 valence electrons. The normalized spacial score (nSPS) is 10.9. The third-order valence-electron chi connectivity index (χ3n) is 2.52. The second-order valence-corrected chi connectivity index (χ2v) is 5.81. The molecule has 3 heteroatoms. The quantitative estimate of drug-likeness (QED) is 0.732. The van der Waals surface area contributed by atoms with Crippen LogP contribution in [0.2, 0.25) is 5.02 Å². The van der Waals surface area contributed by atoms with Gasteiger partial charge in [0.2, 0.25) is 0 Å². The minimum atomic E-state index is 0.770. The average Bonchev–Trinajstić information content (AvgIpc) is 2.19. The molecule has 0 aliphatic heterocycles. The van der Waals surface area contributed by atoms with Gasteiger partial charge in [-0.15, -0.1) is 0 Å². The van der Waals surface area contributed by atoms with Gasteiger partial charge in [-0.05, 0) is 59.3 Å². The van der Waals surface area contributed by atoms with Crippen LogP contribution in [0.5, 0.6) is 0 Å². The molecular formula is C13H19BrClN. The lowest BCUT2D eigenvalue weighted by Crippen LogP contribution is -2.03. The van der Waals surface area contributed by atoms with Gasteiger partial charge >= 0.3 is 0 Å². The van der Waals surface area contributed by atoms with Gasteiger partial charge in [-0.3, -0.25) is 0 Å². The fourth-order valence-corrected chi connectivity index (χ4v) is 2.28. The largest absolute Gasteiger partial charge is 0.384 e. The SMILES string of the molecule is Cc1cc(Br)c(NCCCC(C)C)cc1Cl. The zero-order valence-corrected chi connectivity index (χ0v) is 12.5. The summed E-state index contributed by atoms with van der Waals surface area (Å²) in [6.07, 6.45) is 2.44. The molecule has 1 aromatic rings. The van der Waals surface area contributed by atoms with Crippen molar-refractivity contribution < 1.29 is 0 Å². The fraction of sp³-hybridized carbons (Fsp3) is 0.538. The van der Waals surface area contributed by atoms with Crippen LogP contribution in [0.25, 0.3) is 0 Å². The Balaban J connectivity index is 2.51. The van der Waals surface area contributed by atoms with Gasteiger partial charge in [0.15, 0.2) is 0 Å². The highest BCUT2D eigenvalue weighted by atomic mass is 79.9. The van der Waals surface area contributed by atoms with Gasteiger partial charge in [0, 0.05) is 21.7 Å². The predicted molar refractivity (Wildman–Crippen MR) is 76.5 cm³/mol. The first-order valence-electron chi connectivity index (χ1n) is 5.70. The molecule has 0 aliphatic rings. The van der Waals surface area contributed by atoms with Gasteiger partial charge in [0.25, 0.3) is 0 Å². The van der Waals surface area contributed by atoms with E-state index in [9.17, 15) is 0 Å². The highest BCUT2D eigenvalue weighted by Crippen LogP contribution is 2.29. The van der Waals surface area contributed by atoms with Crippen molar-refractivity contribution in [3.05, 3.63) is 27.2 Å². The third kappa shape index (κ3) is 4.34. The average molecular weight is 305 g/mol. The van der Waals surface area contributed by atoms with Gasteiger partial charge in [-0.25, -0.2) is 0 Å². The molecule has 16 heavy (non-hydrogen) atoms. The van der Waals surface area contributed by atoms with Gasteiger partial charge in [0.05, 0.1) is 0 Å². The van der Waals surface area contributed by atoms with Crippen LogP contribution >= 0.6 is 27.5 Å². The summed E-state index contributed by atoms with van der Waals surface area (Å²) in [7, 11) is 0. The monoisotopic (exact) mass is 303 g/mol. The molecule has 1 rings (SSSR count). The van der Waals surface area contributed by atoms with Gasteiger partial charge < -0.3 is 5.32 Å². The lowest BCUT2D eigenvalue weighted by Gasteiger charge is -2.11. The van der Waals surface area contributed by atoms with Crippen molar-refractivity contribution in [2.75, 3.05) is 11.9 Å². The molecule has 0 heterocycles. The summed E-state index contributed by atoms with van der Waals surface area (Å²) in [5.74, 6) is 0.770. The van der Waals surface area contributed by atoms with E-state index in [0.717, 1.165) is 33.2 Å². The van der Waals surface area contributed by atoms with E-state index in [2.05, 4.69) is 35.1 Å². The Bertz CT molecular complexity index is 350. The molecule has 0 spiro atoms. The highest BCUT2D eigenvalue weighted by Gasteiger charge is 2.03. The molecule has 0 saturated carbocycles. The Morgan fingerprint density at radius 2 is 2.06 bits per heavy atom. The maximum absolute atomic E-state index is 6.09. The maximum Gasteiger partial charge on any atom is 0.0499 e. The highest BCUT2D eigenvalue weighted by molar-refractivity contribution is 9.10. The van der Waals surface area contributed by atoms with E-state index in [1.165, 1.54) is 12.8 Å². The van der Waals surface area contributed by atoms with Crippen molar-refractivity contribution in [3.63, 3.8) is 0 Å². The molecule has 0 aliphatic carbocycles. The minimum Gasteiger partial charge on any atom is -0.384 e. The topological polar surface area (TPSA) is 12.0 Å². The van der Waals surface area contributed by atoms with E-state index in [4.69, 9.17) is 11.6 Å². The van der Waals surface area contributed by atoms with Crippen LogP contribution in [0.1, 0.15) is 32.3 Å². The minimum absolute atomic E-state index is 0.770. The van der Waals surface area contributed by atoms with Crippen LogP contribution in [-0.4, -0.2) is 6.54 Å².